The molecule has 0 fully saturated rings. The van der Waals surface area contributed by atoms with E-state index in [2.05, 4.69) is 10.3 Å². The minimum Gasteiger partial charge on any atom is -0.496 e. The summed E-state index contributed by atoms with van der Waals surface area (Å²) in [5.74, 6) is 0.497. The van der Waals surface area contributed by atoms with Gasteiger partial charge in [0.25, 0.3) is 5.91 Å². The molecule has 0 spiro atoms. The molecule has 1 aromatic heterocycles. The topological polar surface area (TPSA) is 127 Å². The van der Waals surface area contributed by atoms with Crippen LogP contribution in [0.1, 0.15) is 30.6 Å². The molecule has 0 saturated heterocycles. The molecule has 3 N–H and O–H groups in total. The fourth-order valence-corrected chi connectivity index (χ4v) is 4.24. The molecule has 1 amide bonds. The summed E-state index contributed by atoms with van der Waals surface area (Å²) in [6, 6.07) is 8.70. The molecular weight excluding hydrogens is 491 g/mol. The van der Waals surface area contributed by atoms with Crippen molar-refractivity contribution in [3.05, 3.63) is 52.5 Å². The number of thiazole rings is 1. The van der Waals surface area contributed by atoms with E-state index in [4.69, 9.17) is 25.8 Å². The van der Waals surface area contributed by atoms with Gasteiger partial charge in [-0.1, -0.05) is 29.9 Å². The number of methoxy groups -OCH3 is 1. The van der Waals surface area contributed by atoms with E-state index in [1.807, 2.05) is 13.8 Å². The summed E-state index contributed by atoms with van der Waals surface area (Å²) >= 11 is 7.00. The van der Waals surface area contributed by atoms with Gasteiger partial charge in [-0.25, -0.2) is 4.98 Å². The molecule has 9 nitrogen and oxygen atoms in total. The van der Waals surface area contributed by atoms with Crippen LogP contribution in [0.15, 0.2) is 42.6 Å². The summed E-state index contributed by atoms with van der Waals surface area (Å²) in [6.45, 7) is 3.87. The van der Waals surface area contributed by atoms with E-state index in [0.29, 0.717) is 15.2 Å². The lowest BCUT2D eigenvalue weighted by molar-refractivity contribution is 0.102. The van der Waals surface area contributed by atoms with Crippen molar-refractivity contribution in [2.45, 2.75) is 26.4 Å². The van der Waals surface area contributed by atoms with Crippen molar-refractivity contribution in [2.24, 2.45) is 0 Å². The molecule has 0 aliphatic carbocycles. The number of hydrogen-bond donors (Lipinski definition) is 3. The number of amides is 1. The summed E-state index contributed by atoms with van der Waals surface area (Å²) in [7, 11) is -3.22. The highest BCUT2D eigenvalue weighted by Crippen LogP contribution is 2.39. The number of nitrogens with zero attached hydrogens (tertiary/aromatic N) is 1. The van der Waals surface area contributed by atoms with Crippen LogP contribution in [0, 0.1) is 0 Å². The number of benzene rings is 2. The van der Waals surface area contributed by atoms with Gasteiger partial charge in [-0.3, -0.25) is 14.7 Å². The largest absolute Gasteiger partial charge is 0.496 e. The molecule has 3 aromatic rings. The number of carbonyl (C=O) groups excluding carboxylic acids is 1. The van der Waals surface area contributed by atoms with Crippen LogP contribution in [0.25, 0.3) is 0 Å². The van der Waals surface area contributed by atoms with Gasteiger partial charge in [0, 0.05) is 17.7 Å². The quantitative estimate of drug-likeness (QED) is 0.348. The SMILES string of the molecule is CCC(C)Oc1cc(Oc2ccc(P(=O)(O)O)c(OC)c2)cc(C(=O)Nc2ncc(Cl)s2)c1. The molecule has 3 rings (SSSR count). The van der Waals surface area contributed by atoms with Crippen LogP contribution >= 0.6 is 30.5 Å². The minimum atomic E-state index is -4.52. The van der Waals surface area contributed by atoms with Crippen LogP contribution in [0.3, 0.4) is 0 Å². The predicted octanol–water partition coefficient (Wildman–Crippen LogP) is 4.83. The van der Waals surface area contributed by atoms with Gasteiger partial charge in [0.05, 0.1) is 19.4 Å². The molecule has 0 saturated carbocycles. The molecule has 2 aromatic carbocycles. The zero-order chi connectivity index (χ0) is 24.2. The first-order chi connectivity index (χ1) is 15.6. The molecule has 0 aliphatic heterocycles. The standard InChI is InChI=1S/C21H22ClN2O7PS/c1-4-12(2)30-15-7-13(20(25)24-21-23-11-19(22)33-21)8-16(9-15)31-14-5-6-18(32(26,27)28)17(10-14)29-3/h5-12H,4H2,1-3H3,(H,23,24,25)(H2,26,27,28). The number of carbonyl (C=O) groups is 1. The Bertz CT molecular complexity index is 1200. The van der Waals surface area contributed by atoms with Crippen molar-refractivity contribution >= 4 is 46.9 Å². The molecule has 12 heteroatoms. The molecule has 1 heterocycles. The minimum absolute atomic E-state index is 0.0218. The van der Waals surface area contributed by atoms with Crippen LogP contribution in [-0.4, -0.2) is 33.9 Å². The summed E-state index contributed by atoms with van der Waals surface area (Å²) in [5.41, 5.74) is 0.260. The van der Waals surface area contributed by atoms with Crippen LogP contribution < -0.4 is 24.8 Å². The molecule has 176 valence electrons. The Labute approximate surface area is 199 Å². The maximum Gasteiger partial charge on any atom is 0.359 e. The van der Waals surface area contributed by atoms with Gasteiger partial charge < -0.3 is 24.0 Å². The summed E-state index contributed by atoms with van der Waals surface area (Å²) in [6.07, 6.45) is 2.09. The number of ether oxygens (including phenoxy) is 3. The van der Waals surface area contributed by atoms with E-state index in [0.717, 1.165) is 17.8 Å². The van der Waals surface area contributed by atoms with Gasteiger partial charge in [-0.05, 0) is 37.6 Å². The third-order valence-electron chi connectivity index (χ3n) is 4.45. The van der Waals surface area contributed by atoms with Crippen molar-refractivity contribution in [1.82, 2.24) is 4.98 Å². The van der Waals surface area contributed by atoms with Crippen molar-refractivity contribution in [3.63, 3.8) is 0 Å². The Morgan fingerprint density at radius 1 is 1.21 bits per heavy atom. The average molecular weight is 513 g/mol. The Morgan fingerprint density at radius 2 is 1.94 bits per heavy atom. The van der Waals surface area contributed by atoms with Crippen LogP contribution in [-0.2, 0) is 4.57 Å². The Balaban J connectivity index is 1.93. The van der Waals surface area contributed by atoms with Crippen molar-refractivity contribution in [3.8, 4) is 23.0 Å². The van der Waals surface area contributed by atoms with Gasteiger partial charge >= 0.3 is 7.60 Å². The second-order valence-corrected chi connectivity index (χ2v) is 10.2. The molecule has 0 bridgehead atoms. The summed E-state index contributed by atoms with van der Waals surface area (Å²) < 4.78 is 28.9. The molecule has 1 unspecified atom stereocenters. The van der Waals surface area contributed by atoms with Gasteiger partial charge in [0.2, 0.25) is 0 Å². The average Bonchev–Trinajstić information content (AvgIpc) is 3.16. The Kier molecular flexibility index (Phi) is 7.99. The maximum atomic E-state index is 12.8. The predicted molar refractivity (Wildman–Crippen MR) is 127 cm³/mol. The Morgan fingerprint density at radius 3 is 2.55 bits per heavy atom. The molecule has 1 atom stereocenters. The first-order valence-electron chi connectivity index (χ1n) is 9.75. The van der Waals surface area contributed by atoms with Crippen LogP contribution in [0.2, 0.25) is 4.34 Å². The van der Waals surface area contributed by atoms with E-state index in [1.54, 1.807) is 12.1 Å². The van der Waals surface area contributed by atoms with E-state index >= 15 is 0 Å². The van der Waals surface area contributed by atoms with Gasteiger partial charge in [0.15, 0.2) is 5.13 Å². The summed E-state index contributed by atoms with van der Waals surface area (Å²) in [5, 5.41) is 2.76. The normalized spacial score (nSPS) is 12.2. The lowest BCUT2D eigenvalue weighted by Gasteiger charge is -2.16. The second-order valence-electron chi connectivity index (χ2n) is 6.93. The van der Waals surface area contributed by atoms with Gasteiger partial charge in [-0.2, -0.15) is 0 Å². The molecule has 0 aliphatic rings. The molecule has 0 radical (unpaired) electrons. The van der Waals surface area contributed by atoms with E-state index in [-0.39, 0.29) is 34.2 Å². The number of aromatic nitrogens is 1. The van der Waals surface area contributed by atoms with Crippen molar-refractivity contribution < 1.29 is 33.4 Å². The highest BCUT2D eigenvalue weighted by molar-refractivity contribution is 7.60. The highest BCUT2D eigenvalue weighted by atomic mass is 35.5. The van der Waals surface area contributed by atoms with Gasteiger partial charge in [-0.15, -0.1) is 0 Å². The third-order valence-corrected chi connectivity index (χ3v) is 6.48. The number of hydrogen-bond acceptors (Lipinski definition) is 7. The van der Waals surface area contributed by atoms with E-state index in [9.17, 15) is 19.1 Å². The summed E-state index contributed by atoms with van der Waals surface area (Å²) in [4.78, 5) is 35.7. The number of halogens is 1. The number of anilines is 1. The first kappa shape index (κ1) is 25.0. The van der Waals surface area contributed by atoms with E-state index < -0.39 is 13.5 Å². The maximum absolute atomic E-state index is 12.8. The monoisotopic (exact) mass is 512 g/mol. The smallest absolute Gasteiger partial charge is 0.359 e. The van der Waals surface area contributed by atoms with Gasteiger partial charge in [0.1, 0.15) is 32.6 Å². The lowest BCUT2D eigenvalue weighted by Crippen LogP contribution is -2.14. The highest BCUT2D eigenvalue weighted by Gasteiger charge is 2.23. The van der Waals surface area contributed by atoms with Crippen molar-refractivity contribution in [2.75, 3.05) is 12.4 Å². The molecular formula is C21H22ClN2O7PS. The van der Waals surface area contributed by atoms with Crippen LogP contribution in [0.5, 0.6) is 23.0 Å². The van der Waals surface area contributed by atoms with Crippen LogP contribution in [0.4, 0.5) is 5.13 Å². The fraction of sp³-hybridized carbons (Fsp3) is 0.238. The number of nitrogens with one attached hydrogen (secondary N) is 1. The van der Waals surface area contributed by atoms with E-state index in [1.165, 1.54) is 37.6 Å². The fourth-order valence-electron chi connectivity index (χ4n) is 2.73. The third kappa shape index (κ3) is 6.69. The zero-order valence-electron chi connectivity index (χ0n) is 17.9. The lowest BCUT2D eigenvalue weighted by atomic mass is 10.2. The first-order valence-corrected chi connectivity index (χ1v) is 12.6. The number of rotatable bonds is 9. The zero-order valence-corrected chi connectivity index (χ0v) is 20.4. The van der Waals surface area contributed by atoms with Crippen molar-refractivity contribution in [1.29, 1.82) is 0 Å². The second kappa shape index (κ2) is 10.5. The molecule has 33 heavy (non-hydrogen) atoms. The Hall–Kier alpha value is -2.62.